The number of aliphatic hydroxyl groups excluding tert-OH is 1. The number of aromatic nitrogens is 2. The fourth-order valence-corrected chi connectivity index (χ4v) is 3.91. The Balaban J connectivity index is 2.06. The lowest BCUT2D eigenvalue weighted by Crippen LogP contribution is -2.12. The smallest absolute Gasteiger partial charge is 0.250 e. The van der Waals surface area contributed by atoms with Gasteiger partial charge in [-0.15, -0.1) is 11.3 Å². The van der Waals surface area contributed by atoms with Crippen molar-refractivity contribution in [2.75, 3.05) is 6.61 Å². The van der Waals surface area contributed by atoms with Gasteiger partial charge in [0.05, 0.1) is 22.0 Å². The Morgan fingerprint density at radius 2 is 2.16 bits per heavy atom. The van der Waals surface area contributed by atoms with E-state index < -0.39 is 5.91 Å². The van der Waals surface area contributed by atoms with Crippen LogP contribution in [-0.2, 0) is 6.54 Å². The molecule has 1 aromatic carbocycles. The fourth-order valence-electron chi connectivity index (χ4n) is 2.77. The molecule has 5 nitrogen and oxygen atoms in total. The van der Waals surface area contributed by atoms with E-state index in [4.69, 9.17) is 27.4 Å². The molecule has 3 rings (SSSR count). The van der Waals surface area contributed by atoms with E-state index in [9.17, 15) is 4.79 Å². The third-order valence-corrected chi connectivity index (χ3v) is 5.25. The fraction of sp³-hybridized carbons (Fsp3) is 0.222. The number of nitrogens with zero attached hydrogens (tertiary/aromatic N) is 2. The van der Waals surface area contributed by atoms with Gasteiger partial charge < -0.3 is 15.4 Å². The van der Waals surface area contributed by atoms with E-state index in [0.29, 0.717) is 23.6 Å². The van der Waals surface area contributed by atoms with Gasteiger partial charge in [0.1, 0.15) is 5.01 Å². The molecule has 7 heteroatoms. The van der Waals surface area contributed by atoms with Gasteiger partial charge in [-0.2, -0.15) is 0 Å². The molecule has 0 saturated carbocycles. The summed E-state index contributed by atoms with van der Waals surface area (Å²) < 4.78 is 1.97. The number of rotatable bonds is 6. The van der Waals surface area contributed by atoms with E-state index in [1.807, 2.05) is 41.1 Å². The minimum atomic E-state index is -0.469. The third-order valence-electron chi connectivity index (χ3n) is 4.04. The van der Waals surface area contributed by atoms with E-state index in [1.165, 1.54) is 11.3 Å². The summed E-state index contributed by atoms with van der Waals surface area (Å²) in [6, 6.07) is 9.32. The van der Waals surface area contributed by atoms with Crippen molar-refractivity contribution in [3.05, 3.63) is 52.0 Å². The van der Waals surface area contributed by atoms with Gasteiger partial charge in [-0.1, -0.05) is 29.8 Å². The zero-order valence-electron chi connectivity index (χ0n) is 13.7. The number of aliphatic hydroxyl groups is 1. The number of hydrogen-bond donors (Lipinski definition) is 2. The number of carbonyl (C=O) groups is 1. The van der Waals surface area contributed by atoms with Gasteiger partial charge in [-0.25, -0.2) is 4.98 Å². The predicted octanol–water partition coefficient (Wildman–Crippen LogP) is 3.72. The molecule has 25 heavy (non-hydrogen) atoms. The highest BCUT2D eigenvalue weighted by molar-refractivity contribution is 7.13. The molecule has 2 heterocycles. The summed E-state index contributed by atoms with van der Waals surface area (Å²) in [7, 11) is 0. The zero-order chi connectivity index (χ0) is 18.0. The van der Waals surface area contributed by atoms with Crippen LogP contribution in [0.25, 0.3) is 22.0 Å². The molecule has 0 aliphatic carbocycles. The number of primary amides is 1. The minimum absolute atomic E-state index is 0.0743. The van der Waals surface area contributed by atoms with Crippen molar-refractivity contribution < 1.29 is 9.90 Å². The maximum atomic E-state index is 11.7. The maximum absolute atomic E-state index is 11.7. The largest absolute Gasteiger partial charge is 0.396 e. The standard InChI is InChI=1S/C18H18ClN3O2S/c1-11-13(17(20)24)9-16(22(11)7-4-8-23)15-10-25-18(21-15)12-5-2-3-6-14(12)19/h2-3,5-6,9-10,23H,4,7-8H2,1H3,(H2,20,24). The van der Waals surface area contributed by atoms with Crippen molar-refractivity contribution >= 4 is 28.8 Å². The topological polar surface area (TPSA) is 81.1 Å². The van der Waals surface area contributed by atoms with E-state index in [1.54, 1.807) is 6.07 Å². The molecular formula is C18H18ClN3O2S. The molecule has 1 amide bonds. The SMILES string of the molecule is Cc1c(C(N)=O)cc(-c2csc(-c3ccccc3Cl)n2)n1CCCO. The summed E-state index contributed by atoms with van der Waals surface area (Å²) in [5, 5.41) is 12.5. The molecule has 130 valence electrons. The molecule has 0 spiro atoms. The van der Waals surface area contributed by atoms with Crippen molar-refractivity contribution in [1.82, 2.24) is 9.55 Å². The second kappa shape index (κ2) is 7.39. The molecule has 3 N–H and O–H groups in total. The van der Waals surface area contributed by atoms with Gasteiger partial charge in [-0.05, 0) is 25.5 Å². The molecule has 0 bridgehead atoms. The lowest BCUT2D eigenvalue weighted by atomic mass is 10.2. The first-order chi connectivity index (χ1) is 12.0. The van der Waals surface area contributed by atoms with Crippen LogP contribution in [0.2, 0.25) is 5.02 Å². The number of benzene rings is 1. The van der Waals surface area contributed by atoms with Gasteiger partial charge >= 0.3 is 0 Å². The Kier molecular flexibility index (Phi) is 5.22. The Morgan fingerprint density at radius 1 is 1.40 bits per heavy atom. The maximum Gasteiger partial charge on any atom is 0.250 e. The van der Waals surface area contributed by atoms with E-state index in [2.05, 4.69) is 0 Å². The van der Waals surface area contributed by atoms with Crippen molar-refractivity contribution in [2.45, 2.75) is 19.9 Å². The zero-order valence-corrected chi connectivity index (χ0v) is 15.3. The monoisotopic (exact) mass is 375 g/mol. The highest BCUT2D eigenvalue weighted by Crippen LogP contribution is 2.34. The van der Waals surface area contributed by atoms with Crippen molar-refractivity contribution in [3.63, 3.8) is 0 Å². The third kappa shape index (κ3) is 3.46. The molecule has 0 fully saturated rings. The average molecular weight is 376 g/mol. The van der Waals surface area contributed by atoms with Crippen molar-refractivity contribution in [3.8, 4) is 22.0 Å². The number of carbonyl (C=O) groups excluding carboxylic acids is 1. The Morgan fingerprint density at radius 3 is 2.84 bits per heavy atom. The van der Waals surface area contributed by atoms with Gasteiger partial charge in [0.2, 0.25) is 0 Å². The first-order valence-electron chi connectivity index (χ1n) is 7.84. The van der Waals surface area contributed by atoms with Crippen LogP contribution in [-0.4, -0.2) is 27.2 Å². The first kappa shape index (κ1) is 17.7. The molecule has 0 atom stereocenters. The lowest BCUT2D eigenvalue weighted by Gasteiger charge is -2.09. The molecule has 2 aromatic heterocycles. The van der Waals surface area contributed by atoms with Crippen LogP contribution in [0.3, 0.4) is 0 Å². The van der Waals surface area contributed by atoms with Crippen molar-refractivity contribution in [2.24, 2.45) is 5.73 Å². The normalized spacial score (nSPS) is 11.0. The van der Waals surface area contributed by atoms with Crippen LogP contribution in [0.15, 0.2) is 35.7 Å². The Bertz CT molecular complexity index is 917. The van der Waals surface area contributed by atoms with Crippen LogP contribution in [0, 0.1) is 6.92 Å². The highest BCUT2D eigenvalue weighted by Gasteiger charge is 2.19. The number of thiazole rings is 1. The number of nitrogens with two attached hydrogens (primary N) is 1. The van der Waals surface area contributed by atoms with Crippen molar-refractivity contribution in [1.29, 1.82) is 0 Å². The average Bonchev–Trinajstić information content (AvgIpc) is 3.18. The van der Waals surface area contributed by atoms with Crippen LogP contribution in [0.4, 0.5) is 0 Å². The summed E-state index contributed by atoms with van der Waals surface area (Å²) in [6.45, 7) is 2.51. The van der Waals surface area contributed by atoms with Crippen LogP contribution >= 0.6 is 22.9 Å². The van der Waals surface area contributed by atoms with Gasteiger partial charge in [0.15, 0.2) is 0 Å². The molecular weight excluding hydrogens is 358 g/mol. The molecule has 0 radical (unpaired) electrons. The van der Waals surface area contributed by atoms with E-state index >= 15 is 0 Å². The highest BCUT2D eigenvalue weighted by atomic mass is 35.5. The molecule has 0 aliphatic rings. The summed E-state index contributed by atoms with van der Waals surface area (Å²) in [5.74, 6) is -0.469. The number of hydrogen-bond acceptors (Lipinski definition) is 4. The Labute approximate surface area is 154 Å². The summed E-state index contributed by atoms with van der Waals surface area (Å²) in [6.07, 6.45) is 0.586. The lowest BCUT2D eigenvalue weighted by molar-refractivity contribution is 0.0999. The van der Waals surface area contributed by atoms with Crippen LogP contribution < -0.4 is 5.73 Å². The number of amides is 1. The Hall–Kier alpha value is -2.15. The van der Waals surface area contributed by atoms with E-state index in [0.717, 1.165) is 27.7 Å². The summed E-state index contributed by atoms with van der Waals surface area (Å²) >= 11 is 7.75. The number of halogens is 1. The van der Waals surface area contributed by atoms with Crippen LogP contribution in [0.5, 0.6) is 0 Å². The predicted molar refractivity (Wildman–Crippen MR) is 101 cm³/mol. The minimum Gasteiger partial charge on any atom is -0.396 e. The van der Waals surface area contributed by atoms with Gasteiger partial charge in [0, 0.05) is 29.8 Å². The second-order valence-corrected chi connectivity index (χ2v) is 6.90. The van der Waals surface area contributed by atoms with Gasteiger partial charge in [0.25, 0.3) is 5.91 Å². The molecule has 3 aromatic rings. The summed E-state index contributed by atoms with van der Waals surface area (Å²) in [5.41, 5.74) is 9.18. The molecule has 0 aliphatic heterocycles. The molecule has 0 unspecified atom stereocenters. The quantitative estimate of drug-likeness (QED) is 0.688. The molecule has 0 saturated heterocycles. The first-order valence-corrected chi connectivity index (χ1v) is 9.10. The second-order valence-electron chi connectivity index (χ2n) is 5.64. The van der Waals surface area contributed by atoms with E-state index in [-0.39, 0.29) is 6.61 Å². The summed E-state index contributed by atoms with van der Waals surface area (Å²) in [4.78, 5) is 16.4. The van der Waals surface area contributed by atoms with Gasteiger partial charge in [-0.3, -0.25) is 4.79 Å². The van der Waals surface area contributed by atoms with Crippen LogP contribution in [0.1, 0.15) is 22.5 Å².